The largest absolute Gasteiger partial charge is 0.381 e. The van der Waals surface area contributed by atoms with Gasteiger partial charge in [-0.15, -0.1) is 0 Å². The Kier molecular flexibility index (Phi) is 8.73. The average Bonchev–Trinajstić information content (AvgIpc) is 2.68. The number of ether oxygens (including phenoxy) is 1. The Labute approximate surface area is 163 Å². The van der Waals surface area contributed by atoms with Gasteiger partial charge in [-0.2, -0.15) is 4.31 Å². The van der Waals surface area contributed by atoms with Crippen molar-refractivity contribution in [3.05, 3.63) is 29.3 Å². The number of unbranched alkanes of at least 4 members (excludes halogenated alkanes) is 1. The number of carbonyl (C=O) groups is 1. The van der Waals surface area contributed by atoms with E-state index in [0.717, 1.165) is 50.7 Å². The minimum absolute atomic E-state index is 0.197. The number of carbonyl (C=O) groups excluding carboxylic acids is 1. The lowest BCUT2D eigenvalue weighted by molar-refractivity contribution is 0.0939. The third-order valence-corrected chi connectivity index (χ3v) is 6.69. The molecule has 1 aliphatic heterocycles. The highest BCUT2D eigenvalue weighted by atomic mass is 32.2. The summed E-state index contributed by atoms with van der Waals surface area (Å²) >= 11 is 0. The number of piperidine rings is 1. The lowest BCUT2D eigenvalue weighted by Gasteiger charge is -2.26. The number of rotatable bonds is 10. The van der Waals surface area contributed by atoms with Crippen molar-refractivity contribution < 1.29 is 17.9 Å². The lowest BCUT2D eigenvalue weighted by atomic mass is 10.1. The number of hydrogen-bond acceptors (Lipinski definition) is 4. The van der Waals surface area contributed by atoms with Crippen LogP contribution in [0.25, 0.3) is 0 Å². The van der Waals surface area contributed by atoms with E-state index in [2.05, 4.69) is 12.2 Å². The van der Waals surface area contributed by atoms with Gasteiger partial charge >= 0.3 is 0 Å². The first kappa shape index (κ1) is 21.9. The van der Waals surface area contributed by atoms with Crippen molar-refractivity contribution in [1.82, 2.24) is 9.62 Å². The maximum Gasteiger partial charge on any atom is 0.251 e. The number of nitrogens with zero attached hydrogens (tertiary/aromatic N) is 1. The van der Waals surface area contributed by atoms with Crippen molar-refractivity contribution in [1.29, 1.82) is 0 Å². The minimum Gasteiger partial charge on any atom is -0.381 e. The van der Waals surface area contributed by atoms with Gasteiger partial charge in [-0.1, -0.05) is 25.8 Å². The second-order valence-corrected chi connectivity index (χ2v) is 8.95. The molecule has 1 amide bonds. The topological polar surface area (TPSA) is 75.7 Å². The average molecular weight is 397 g/mol. The SMILES string of the molecule is CCCCOCCCNC(=O)c1cc(S(=O)(=O)N2CCCCC2)ccc1C. The standard InChI is InChI=1S/C20H32N2O4S/c1-3-4-14-26-15-8-11-21-20(23)19-16-18(10-9-17(19)2)27(24,25)22-12-6-5-7-13-22/h9-10,16H,3-8,11-15H2,1-2H3,(H,21,23). The van der Waals surface area contributed by atoms with E-state index in [-0.39, 0.29) is 10.8 Å². The number of benzene rings is 1. The molecule has 0 bridgehead atoms. The molecule has 0 saturated carbocycles. The van der Waals surface area contributed by atoms with Gasteiger partial charge in [-0.3, -0.25) is 4.79 Å². The maximum absolute atomic E-state index is 12.8. The highest BCUT2D eigenvalue weighted by molar-refractivity contribution is 7.89. The normalized spacial score (nSPS) is 15.6. The lowest BCUT2D eigenvalue weighted by Crippen LogP contribution is -2.35. The van der Waals surface area contributed by atoms with Crippen molar-refractivity contribution >= 4 is 15.9 Å². The zero-order chi connectivity index (χ0) is 19.7. The van der Waals surface area contributed by atoms with Crippen molar-refractivity contribution in [2.24, 2.45) is 0 Å². The molecule has 1 heterocycles. The molecule has 2 rings (SSSR count). The molecule has 27 heavy (non-hydrogen) atoms. The molecule has 1 aromatic rings. The van der Waals surface area contributed by atoms with E-state index in [9.17, 15) is 13.2 Å². The first-order valence-electron chi connectivity index (χ1n) is 9.93. The molecule has 1 saturated heterocycles. The van der Waals surface area contributed by atoms with E-state index in [0.29, 0.717) is 31.8 Å². The van der Waals surface area contributed by atoms with Crippen LogP contribution in [0.2, 0.25) is 0 Å². The number of aryl methyl sites for hydroxylation is 1. The highest BCUT2D eigenvalue weighted by Crippen LogP contribution is 2.22. The third kappa shape index (κ3) is 6.30. The fourth-order valence-electron chi connectivity index (χ4n) is 3.08. The summed E-state index contributed by atoms with van der Waals surface area (Å²) in [5.41, 5.74) is 1.18. The quantitative estimate of drug-likeness (QED) is 0.617. The van der Waals surface area contributed by atoms with Crippen LogP contribution in [0.3, 0.4) is 0 Å². The summed E-state index contributed by atoms with van der Waals surface area (Å²) in [7, 11) is -3.54. The third-order valence-electron chi connectivity index (χ3n) is 4.80. The van der Waals surface area contributed by atoms with Gasteiger partial charge in [0.05, 0.1) is 4.90 Å². The van der Waals surface area contributed by atoms with E-state index in [1.807, 2.05) is 6.92 Å². The van der Waals surface area contributed by atoms with E-state index < -0.39 is 10.0 Å². The fraction of sp³-hybridized carbons (Fsp3) is 0.650. The van der Waals surface area contributed by atoms with Crippen LogP contribution in [0, 0.1) is 6.92 Å². The Morgan fingerprint density at radius 3 is 2.56 bits per heavy atom. The predicted molar refractivity (Wildman–Crippen MR) is 106 cm³/mol. The van der Waals surface area contributed by atoms with Crippen molar-refractivity contribution in [3.63, 3.8) is 0 Å². The van der Waals surface area contributed by atoms with E-state index >= 15 is 0 Å². The van der Waals surface area contributed by atoms with Crippen LogP contribution >= 0.6 is 0 Å². The molecule has 0 unspecified atom stereocenters. The van der Waals surface area contributed by atoms with Gasteiger partial charge in [-0.25, -0.2) is 8.42 Å². The number of sulfonamides is 1. The summed E-state index contributed by atoms with van der Waals surface area (Å²) in [4.78, 5) is 12.7. The van der Waals surface area contributed by atoms with Gasteiger partial charge in [0.2, 0.25) is 10.0 Å². The van der Waals surface area contributed by atoms with Gasteiger partial charge in [0.15, 0.2) is 0 Å². The molecule has 1 fully saturated rings. The van der Waals surface area contributed by atoms with Gasteiger partial charge in [0, 0.05) is 38.4 Å². The van der Waals surface area contributed by atoms with Gasteiger partial charge in [0.25, 0.3) is 5.91 Å². The maximum atomic E-state index is 12.8. The summed E-state index contributed by atoms with van der Waals surface area (Å²) in [6.45, 7) is 6.91. The monoisotopic (exact) mass is 396 g/mol. The summed E-state index contributed by atoms with van der Waals surface area (Å²) in [6, 6.07) is 4.81. The van der Waals surface area contributed by atoms with Crippen LogP contribution in [0.1, 0.15) is 61.4 Å². The molecule has 1 aromatic carbocycles. The zero-order valence-corrected chi connectivity index (χ0v) is 17.3. The summed E-state index contributed by atoms with van der Waals surface area (Å²) < 4.78 is 32.7. The zero-order valence-electron chi connectivity index (χ0n) is 16.5. The summed E-state index contributed by atoms with van der Waals surface area (Å²) in [6.07, 6.45) is 5.73. The Hall–Kier alpha value is -1.44. The Morgan fingerprint density at radius 2 is 1.85 bits per heavy atom. The molecule has 6 nitrogen and oxygen atoms in total. The van der Waals surface area contributed by atoms with E-state index in [4.69, 9.17) is 4.74 Å². The van der Waals surface area contributed by atoms with Crippen LogP contribution in [0.15, 0.2) is 23.1 Å². The van der Waals surface area contributed by atoms with E-state index in [1.165, 1.54) is 10.4 Å². The molecule has 0 aliphatic carbocycles. The van der Waals surface area contributed by atoms with Crippen LogP contribution in [-0.4, -0.2) is 51.5 Å². The predicted octanol–water partition coefficient (Wildman–Crippen LogP) is 3.11. The number of amides is 1. The molecular formula is C20H32N2O4S. The molecule has 0 atom stereocenters. The van der Waals surface area contributed by atoms with Gasteiger partial charge in [-0.05, 0) is 50.3 Å². The number of hydrogen-bond donors (Lipinski definition) is 1. The van der Waals surface area contributed by atoms with Crippen LogP contribution in [0.4, 0.5) is 0 Å². The Morgan fingerprint density at radius 1 is 1.15 bits per heavy atom. The molecule has 0 spiro atoms. The van der Waals surface area contributed by atoms with Crippen molar-refractivity contribution in [3.8, 4) is 0 Å². The fourth-order valence-corrected chi connectivity index (χ4v) is 4.62. The first-order chi connectivity index (χ1) is 13.0. The van der Waals surface area contributed by atoms with Crippen molar-refractivity contribution in [2.75, 3.05) is 32.8 Å². The first-order valence-corrected chi connectivity index (χ1v) is 11.4. The second-order valence-electron chi connectivity index (χ2n) is 7.02. The Bertz CT molecular complexity index is 713. The molecule has 1 aliphatic rings. The second kappa shape index (κ2) is 10.8. The molecule has 7 heteroatoms. The van der Waals surface area contributed by atoms with Crippen LogP contribution < -0.4 is 5.32 Å². The Balaban J connectivity index is 1.96. The van der Waals surface area contributed by atoms with Crippen LogP contribution in [-0.2, 0) is 14.8 Å². The molecule has 1 N–H and O–H groups in total. The summed E-state index contributed by atoms with van der Waals surface area (Å²) in [5.74, 6) is -0.239. The number of nitrogens with one attached hydrogen (secondary N) is 1. The van der Waals surface area contributed by atoms with Gasteiger partial charge < -0.3 is 10.1 Å². The molecular weight excluding hydrogens is 364 g/mol. The molecule has 0 radical (unpaired) electrons. The molecule has 0 aromatic heterocycles. The molecule has 152 valence electrons. The minimum atomic E-state index is -3.54. The highest BCUT2D eigenvalue weighted by Gasteiger charge is 2.27. The van der Waals surface area contributed by atoms with Gasteiger partial charge in [0.1, 0.15) is 0 Å². The van der Waals surface area contributed by atoms with Crippen LogP contribution in [0.5, 0.6) is 0 Å². The summed E-state index contributed by atoms with van der Waals surface area (Å²) in [5, 5.41) is 2.86. The van der Waals surface area contributed by atoms with Crippen molar-refractivity contribution in [2.45, 2.75) is 57.3 Å². The van der Waals surface area contributed by atoms with E-state index in [1.54, 1.807) is 12.1 Å². The smallest absolute Gasteiger partial charge is 0.251 e.